The van der Waals surface area contributed by atoms with Crippen molar-refractivity contribution in [3.63, 3.8) is 0 Å². The van der Waals surface area contributed by atoms with Gasteiger partial charge in [-0.2, -0.15) is 0 Å². The largest absolute Gasteiger partial charge is 0.481 e. The molecular weight excluding hydrogens is 154 g/mol. The van der Waals surface area contributed by atoms with Crippen molar-refractivity contribution in [2.45, 2.75) is 45.6 Å². The zero-order valence-electron chi connectivity index (χ0n) is 7.92. The van der Waals surface area contributed by atoms with Gasteiger partial charge in [0.1, 0.15) is 0 Å². The van der Waals surface area contributed by atoms with Crippen molar-refractivity contribution in [3.05, 3.63) is 0 Å². The van der Waals surface area contributed by atoms with Gasteiger partial charge in [0.2, 0.25) is 0 Å². The van der Waals surface area contributed by atoms with Crippen LogP contribution in [0.4, 0.5) is 0 Å². The van der Waals surface area contributed by atoms with Gasteiger partial charge in [0.15, 0.2) is 0 Å². The molecule has 0 saturated heterocycles. The Balaban J connectivity index is 3.45. The van der Waals surface area contributed by atoms with Crippen LogP contribution in [-0.4, -0.2) is 17.1 Å². The first-order valence-corrected chi connectivity index (χ1v) is 4.53. The minimum absolute atomic E-state index is 0.0519. The highest BCUT2D eigenvalue weighted by Crippen LogP contribution is 2.11. The van der Waals surface area contributed by atoms with Gasteiger partial charge in [-0.05, 0) is 18.8 Å². The van der Waals surface area contributed by atoms with Crippen molar-refractivity contribution in [1.29, 1.82) is 0 Å². The SMILES string of the molecule is CCC(C)CC(N)CCC(=O)O. The molecule has 0 aromatic heterocycles. The Morgan fingerprint density at radius 2 is 2.17 bits per heavy atom. The van der Waals surface area contributed by atoms with Crippen LogP contribution in [0.25, 0.3) is 0 Å². The quantitative estimate of drug-likeness (QED) is 0.641. The number of hydrogen-bond donors (Lipinski definition) is 2. The molecule has 0 aromatic carbocycles. The highest BCUT2D eigenvalue weighted by molar-refractivity contribution is 5.66. The van der Waals surface area contributed by atoms with Crippen LogP contribution in [0.2, 0.25) is 0 Å². The zero-order chi connectivity index (χ0) is 9.56. The Morgan fingerprint density at radius 3 is 2.58 bits per heavy atom. The van der Waals surface area contributed by atoms with Gasteiger partial charge in [-0.15, -0.1) is 0 Å². The average molecular weight is 173 g/mol. The van der Waals surface area contributed by atoms with Gasteiger partial charge in [0, 0.05) is 12.5 Å². The molecule has 0 radical (unpaired) electrons. The summed E-state index contributed by atoms with van der Waals surface area (Å²) in [5, 5.41) is 8.40. The van der Waals surface area contributed by atoms with E-state index < -0.39 is 5.97 Å². The van der Waals surface area contributed by atoms with Crippen LogP contribution < -0.4 is 5.73 Å². The van der Waals surface area contributed by atoms with Gasteiger partial charge in [0.05, 0.1) is 0 Å². The van der Waals surface area contributed by atoms with Gasteiger partial charge in [-0.3, -0.25) is 4.79 Å². The second kappa shape index (κ2) is 6.00. The highest BCUT2D eigenvalue weighted by Gasteiger charge is 2.08. The second-order valence-electron chi connectivity index (χ2n) is 3.44. The Bertz CT molecular complexity index is 136. The number of hydrogen-bond acceptors (Lipinski definition) is 2. The van der Waals surface area contributed by atoms with Crippen LogP contribution in [0.15, 0.2) is 0 Å². The normalized spacial score (nSPS) is 15.6. The highest BCUT2D eigenvalue weighted by atomic mass is 16.4. The number of carboxylic acids is 1. The van der Waals surface area contributed by atoms with Crippen LogP contribution in [-0.2, 0) is 4.79 Å². The maximum Gasteiger partial charge on any atom is 0.303 e. The summed E-state index contributed by atoms with van der Waals surface area (Å²) in [5.41, 5.74) is 5.74. The van der Waals surface area contributed by atoms with E-state index in [1.54, 1.807) is 0 Å². The van der Waals surface area contributed by atoms with E-state index in [2.05, 4.69) is 13.8 Å². The first kappa shape index (κ1) is 11.4. The number of aliphatic carboxylic acids is 1. The molecule has 0 heterocycles. The van der Waals surface area contributed by atoms with Gasteiger partial charge in [0.25, 0.3) is 0 Å². The predicted octanol–water partition coefficient (Wildman–Crippen LogP) is 1.61. The van der Waals surface area contributed by atoms with E-state index in [9.17, 15) is 4.79 Å². The third-order valence-electron chi connectivity index (χ3n) is 2.13. The van der Waals surface area contributed by atoms with E-state index in [0.29, 0.717) is 12.3 Å². The third-order valence-corrected chi connectivity index (χ3v) is 2.13. The molecule has 0 saturated carbocycles. The van der Waals surface area contributed by atoms with Gasteiger partial charge >= 0.3 is 5.97 Å². The Kier molecular flexibility index (Phi) is 5.72. The molecule has 0 fully saturated rings. The van der Waals surface area contributed by atoms with E-state index >= 15 is 0 Å². The number of rotatable bonds is 6. The second-order valence-corrected chi connectivity index (χ2v) is 3.44. The van der Waals surface area contributed by atoms with Gasteiger partial charge < -0.3 is 10.8 Å². The predicted molar refractivity (Wildman–Crippen MR) is 48.9 cm³/mol. The van der Waals surface area contributed by atoms with E-state index in [4.69, 9.17) is 10.8 Å². The molecule has 0 bridgehead atoms. The first-order chi connectivity index (χ1) is 5.56. The molecule has 3 nitrogen and oxygen atoms in total. The summed E-state index contributed by atoms with van der Waals surface area (Å²) >= 11 is 0. The fraction of sp³-hybridized carbons (Fsp3) is 0.889. The van der Waals surface area contributed by atoms with Crippen molar-refractivity contribution in [1.82, 2.24) is 0 Å². The lowest BCUT2D eigenvalue weighted by molar-refractivity contribution is -0.137. The summed E-state index contributed by atoms with van der Waals surface area (Å²) < 4.78 is 0. The molecule has 0 rings (SSSR count). The van der Waals surface area contributed by atoms with Crippen molar-refractivity contribution in [3.8, 4) is 0 Å². The smallest absolute Gasteiger partial charge is 0.303 e. The molecule has 0 aliphatic rings. The average Bonchev–Trinajstić information content (AvgIpc) is 2.00. The number of carboxylic acid groups (broad SMARTS) is 1. The Morgan fingerprint density at radius 1 is 1.58 bits per heavy atom. The maximum absolute atomic E-state index is 10.2. The lowest BCUT2D eigenvalue weighted by Crippen LogP contribution is -2.23. The van der Waals surface area contributed by atoms with E-state index in [1.165, 1.54) is 0 Å². The lowest BCUT2D eigenvalue weighted by atomic mass is 9.97. The summed E-state index contributed by atoms with van der Waals surface area (Å²) in [6.07, 6.45) is 2.84. The van der Waals surface area contributed by atoms with Gasteiger partial charge in [-0.25, -0.2) is 0 Å². The van der Waals surface area contributed by atoms with Crippen molar-refractivity contribution in [2.75, 3.05) is 0 Å². The molecular formula is C9H19NO2. The summed E-state index contributed by atoms with van der Waals surface area (Å²) in [6.45, 7) is 4.26. The van der Waals surface area contributed by atoms with Crippen LogP contribution in [0, 0.1) is 5.92 Å². The summed E-state index contributed by atoms with van der Waals surface area (Å²) in [4.78, 5) is 10.2. The van der Waals surface area contributed by atoms with Crippen molar-refractivity contribution in [2.24, 2.45) is 11.7 Å². The van der Waals surface area contributed by atoms with Crippen LogP contribution >= 0.6 is 0 Å². The van der Waals surface area contributed by atoms with Crippen LogP contribution in [0.5, 0.6) is 0 Å². The molecule has 2 atom stereocenters. The minimum atomic E-state index is -0.755. The standard InChI is InChI=1S/C9H19NO2/c1-3-7(2)6-8(10)4-5-9(11)12/h7-8H,3-6,10H2,1-2H3,(H,11,12). The molecule has 2 unspecified atom stereocenters. The number of carbonyl (C=O) groups is 1. The van der Waals surface area contributed by atoms with Crippen LogP contribution in [0.1, 0.15) is 39.5 Å². The van der Waals surface area contributed by atoms with E-state index in [-0.39, 0.29) is 12.5 Å². The fourth-order valence-corrected chi connectivity index (χ4v) is 1.11. The van der Waals surface area contributed by atoms with Crippen LogP contribution in [0.3, 0.4) is 0 Å². The summed E-state index contributed by atoms with van der Waals surface area (Å²) in [7, 11) is 0. The van der Waals surface area contributed by atoms with Crippen molar-refractivity contribution >= 4 is 5.97 Å². The molecule has 0 aromatic rings. The molecule has 0 aliphatic carbocycles. The molecule has 0 spiro atoms. The third kappa shape index (κ3) is 6.16. The zero-order valence-corrected chi connectivity index (χ0v) is 7.92. The van der Waals surface area contributed by atoms with Gasteiger partial charge in [-0.1, -0.05) is 20.3 Å². The lowest BCUT2D eigenvalue weighted by Gasteiger charge is -2.14. The molecule has 0 aliphatic heterocycles. The Hall–Kier alpha value is -0.570. The fourth-order valence-electron chi connectivity index (χ4n) is 1.11. The van der Waals surface area contributed by atoms with Crippen molar-refractivity contribution < 1.29 is 9.90 Å². The monoisotopic (exact) mass is 173 g/mol. The minimum Gasteiger partial charge on any atom is -0.481 e. The number of nitrogens with two attached hydrogens (primary N) is 1. The maximum atomic E-state index is 10.2. The molecule has 0 amide bonds. The first-order valence-electron chi connectivity index (χ1n) is 4.53. The Labute approximate surface area is 74.0 Å². The van der Waals surface area contributed by atoms with E-state index in [1.807, 2.05) is 0 Å². The molecule has 72 valence electrons. The molecule has 12 heavy (non-hydrogen) atoms. The summed E-state index contributed by atoms with van der Waals surface area (Å²) in [6, 6.07) is 0.0519. The molecule has 3 N–H and O–H groups in total. The summed E-state index contributed by atoms with van der Waals surface area (Å²) in [5.74, 6) is -0.150. The molecule has 3 heteroatoms. The van der Waals surface area contributed by atoms with E-state index in [0.717, 1.165) is 12.8 Å². The topological polar surface area (TPSA) is 63.3 Å².